The van der Waals surface area contributed by atoms with Crippen LogP contribution >= 0.6 is 23.2 Å². The molecule has 0 bridgehead atoms. The van der Waals surface area contributed by atoms with Crippen molar-refractivity contribution in [1.29, 1.82) is 0 Å². The van der Waals surface area contributed by atoms with Crippen molar-refractivity contribution in [2.45, 2.75) is 6.61 Å². The Morgan fingerprint density at radius 2 is 1.62 bits per heavy atom. The molecule has 0 aliphatic heterocycles. The van der Waals surface area contributed by atoms with E-state index >= 15 is 0 Å². The molecule has 26 heavy (non-hydrogen) atoms. The lowest BCUT2D eigenvalue weighted by Crippen LogP contribution is -2.39. The molecular weight excluding hydrogens is 379 g/mol. The fourth-order valence-corrected chi connectivity index (χ4v) is 2.25. The van der Waals surface area contributed by atoms with Crippen LogP contribution in [0.15, 0.2) is 48.5 Å². The third-order valence-electron chi connectivity index (χ3n) is 3.26. The Kier molecular flexibility index (Phi) is 7.44. The van der Waals surface area contributed by atoms with Crippen LogP contribution in [0.5, 0.6) is 0 Å². The van der Waals surface area contributed by atoms with Crippen molar-refractivity contribution in [2.24, 2.45) is 0 Å². The van der Waals surface area contributed by atoms with Crippen LogP contribution in [0.3, 0.4) is 0 Å². The maximum absolute atomic E-state index is 11.8. The van der Waals surface area contributed by atoms with Gasteiger partial charge < -0.3 is 15.4 Å². The van der Waals surface area contributed by atoms with Crippen LogP contribution in [0.4, 0.5) is 0 Å². The SMILES string of the molecule is O=C(CNC(=O)c1ccccc1)NCC(=O)OCc1ccc(Cl)c(Cl)c1. The van der Waals surface area contributed by atoms with Crippen molar-refractivity contribution >= 4 is 41.0 Å². The van der Waals surface area contributed by atoms with Gasteiger partial charge in [0, 0.05) is 5.56 Å². The number of amides is 2. The molecule has 136 valence electrons. The van der Waals surface area contributed by atoms with Crippen molar-refractivity contribution in [2.75, 3.05) is 13.1 Å². The summed E-state index contributed by atoms with van der Waals surface area (Å²) in [6.45, 7) is -0.536. The number of halogens is 2. The zero-order chi connectivity index (χ0) is 18.9. The first kappa shape index (κ1) is 19.8. The van der Waals surface area contributed by atoms with Gasteiger partial charge in [-0.1, -0.05) is 47.5 Å². The minimum atomic E-state index is -0.612. The third kappa shape index (κ3) is 6.38. The van der Waals surface area contributed by atoms with Crippen LogP contribution in [-0.4, -0.2) is 30.9 Å². The second-order valence-electron chi connectivity index (χ2n) is 5.23. The Hall–Kier alpha value is -2.57. The van der Waals surface area contributed by atoms with Gasteiger partial charge in [0.1, 0.15) is 13.2 Å². The monoisotopic (exact) mass is 394 g/mol. The molecule has 0 aliphatic rings. The summed E-state index contributed by atoms with van der Waals surface area (Å²) < 4.78 is 5.03. The van der Waals surface area contributed by atoms with E-state index in [2.05, 4.69) is 10.6 Å². The number of hydrogen-bond acceptors (Lipinski definition) is 4. The van der Waals surface area contributed by atoms with Gasteiger partial charge >= 0.3 is 5.97 Å². The summed E-state index contributed by atoms with van der Waals surface area (Å²) >= 11 is 11.7. The molecule has 0 fully saturated rings. The van der Waals surface area contributed by atoms with Crippen molar-refractivity contribution in [3.8, 4) is 0 Å². The number of nitrogens with one attached hydrogen (secondary N) is 2. The summed E-state index contributed by atoms with van der Waals surface area (Å²) in [6.07, 6.45) is 0. The van der Waals surface area contributed by atoms with Crippen molar-refractivity contribution < 1.29 is 19.1 Å². The highest BCUT2D eigenvalue weighted by Gasteiger charge is 2.10. The summed E-state index contributed by atoms with van der Waals surface area (Å²) in [5.41, 5.74) is 1.12. The predicted molar refractivity (Wildman–Crippen MR) is 98.0 cm³/mol. The average Bonchev–Trinajstić information content (AvgIpc) is 2.66. The largest absolute Gasteiger partial charge is 0.460 e. The van der Waals surface area contributed by atoms with E-state index < -0.39 is 11.9 Å². The topological polar surface area (TPSA) is 84.5 Å². The Morgan fingerprint density at radius 3 is 2.31 bits per heavy atom. The molecule has 2 rings (SSSR count). The van der Waals surface area contributed by atoms with E-state index in [0.29, 0.717) is 21.2 Å². The van der Waals surface area contributed by atoms with Gasteiger partial charge in [0.05, 0.1) is 16.6 Å². The van der Waals surface area contributed by atoms with Gasteiger partial charge in [0.15, 0.2) is 0 Å². The third-order valence-corrected chi connectivity index (χ3v) is 4.00. The molecule has 0 heterocycles. The number of esters is 1. The van der Waals surface area contributed by atoms with Gasteiger partial charge in [0.2, 0.25) is 5.91 Å². The van der Waals surface area contributed by atoms with E-state index in [1.54, 1.807) is 48.5 Å². The van der Waals surface area contributed by atoms with Crippen LogP contribution in [-0.2, 0) is 20.9 Å². The normalized spacial score (nSPS) is 10.1. The lowest BCUT2D eigenvalue weighted by Gasteiger charge is -2.08. The maximum atomic E-state index is 11.8. The Balaban J connectivity index is 1.67. The first-order valence-corrected chi connectivity index (χ1v) is 8.41. The molecule has 0 atom stereocenters. The molecule has 0 saturated carbocycles. The second-order valence-corrected chi connectivity index (χ2v) is 6.05. The van der Waals surface area contributed by atoms with Gasteiger partial charge in [-0.25, -0.2) is 0 Å². The molecule has 2 aromatic carbocycles. The quantitative estimate of drug-likeness (QED) is 0.706. The first-order chi connectivity index (χ1) is 12.5. The van der Waals surface area contributed by atoms with Gasteiger partial charge in [-0.05, 0) is 29.8 Å². The van der Waals surface area contributed by atoms with Crippen LogP contribution in [0.1, 0.15) is 15.9 Å². The van der Waals surface area contributed by atoms with Crippen molar-refractivity contribution in [3.63, 3.8) is 0 Å². The smallest absolute Gasteiger partial charge is 0.325 e. The highest BCUT2D eigenvalue weighted by atomic mass is 35.5. The average molecular weight is 395 g/mol. The fourth-order valence-electron chi connectivity index (χ4n) is 1.93. The molecule has 2 N–H and O–H groups in total. The fraction of sp³-hybridized carbons (Fsp3) is 0.167. The van der Waals surface area contributed by atoms with Gasteiger partial charge in [0.25, 0.3) is 5.91 Å². The number of carbonyl (C=O) groups excluding carboxylic acids is 3. The number of rotatable bonds is 7. The predicted octanol–water partition coefficient (Wildman–Crippen LogP) is 2.58. The lowest BCUT2D eigenvalue weighted by molar-refractivity contribution is -0.145. The molecule has 2 aromatic rings. The molecule has 0 aliphatic carbocycles. The standard InChI is InChI=1S/C18H16Cl2N2O4/c19-14-7-6-12(8-15(14)20)11-26-17(24)10-21-16(23)9-22-18(25)13-4-2-1-3-5-13/h1-8H,9-11H2,(H,21,23)(H,22,25). The van der Waals surface area contributed by atoms with E-state index in [4.69, 9.17) is 27.9 Å². The Bertz CT molecular complexity index is 797. The van der Waals surface area contributed by atoms with Gasteiger partial charge in [-0.3, -0.25) is 14.4 Å². The summed E-state index contributed by atoms with van der Waals surface area (Å²) in [6, 6.07) is 13.4. The van der Waals surface area contributed by atoms with E-state index in [0.717, 1.165) is 0 Å². The van der Waals surface area contributed by atoms with Gasteiger partial charge in [-0.2, -0.15) is 0 Å². The van der Waals surface area contributed by atoms with Crippen LogP contribution in [0.2, 0.25) is 10.0 Å². The van der Waals surface area contributed by atoms with Crippen molar-refractivity contribution in [1.82, 2.24) is 10.6 Å². The molecule has 0 unspecified atom stereocenters. The highest BCUT2D eigenvalue weighted by Crippen LogP contribution is 2.22. The van der Waals surface area contributed by atoms with Crippen LogP contribution in [0, 0.1) is 0 Å². The second kappa shape index (κ2) is 9.79. The molecule has 0 saturated heterocycles. The van der Waals surface area contributed by atoms with E-state index in [9.17, 15) is 14.4 Å². The number of hydrogen-bond donors (Lipinski definition) is 2. The number of carbonyl (C=O) groups is 3. The summed E-state index contributed by atoms with van der Waals surface area (Å²) in [7, 11) is 0. The van der Waals surface area contributed by atoms with Crippen molar-refractivity contribution in [3.05, 3.63) is 69.7 Å². The summed E-state index contributed by atoms with van der Waals surface area (Å²) in [5, 5.41) is 5.60. The first-order valence-electron chi connectivity index (χ1n) is 7.65. The molecule has 2 amide bonds. The molecule has 0 aromatic heterocycles. The molecular formula is C18H16Cl2N2O4. The lowest BCUT2D eigenvalue weighted by atomic mass is 10.2. The Morgan fingerprint density at radius 1 is 0.885 bits per heavy atom. The van der Waals surface area contributed by atoms with Gasteiger partial charge in [-0.15, -0.1) is 0 Å². The van der Waals surface area contributed by atoms with Crippen LogP contribution in [0.25, 0.3) is 0 Å². The maximum Gasteiger partial charge on any atom is 0.325 e. The Labute approximate surface area is 160 Å². The minimum Gasteiger partial charge on any atom is -0.460 e. The van der Waals surface area contributed by atoms with Crippen LogP contribution < -0.4 is 10.6 Å². The zero-order valence-corrected chi connectivity index (χ0v) is 15.1. The van der Waals surface area contributed by atoms with E-state index in [1.165, 1.54) is 0 Å². The number of benzene rings is 2. The van der Waals surface area contributed by atoms with E-state index in [-0.39, 0.29) is 25.6 Å². The molecule has 0 radical (unpaired) electrons. The highest BCUT2D eigenvalue weighted by molar-refractivity contribution is 6.42. The minimum absolute atomic E-state index is 0.0103. The summed E-state index contributed by atoms with van der Waals surface area (Å²) in [4.78, 5) is 35.1. The number of ether oxygens (including phenoxy) is 1. The molecule has 6 nitrogen and oxygen atoms in total. The molecule has 0 spiro atoms. The van der Waals surface area contributed by atoms with E-state index in [1.807, 2.05) is 0 Å². The zero-order valence-electron chi connectivity index (χ0n) is 13.6. The summed E-state index contributed by atoms with van der Waals surface area (Å²) in [5.74, 6) is -1.48. The molecule has 8 heteroatoms.